The average Bonchev–Trinajstić information content (AvgIpc) is 3.23. The summed E-state index contributed by atoms with van der Waals surface area (Å²) in [5.41, 5.74) is 2.18. The van der Waals surface area contributed by atoms with Crippen molar-refractivity contribution >= 4 is 51.4 Å². The van der Waals surface area contributed by atoms with Gasteiger partial charge in [-0.2, -0.15) is 0 Å². The van der Waals surface area contributed by atoms with Crippen molar-refractivity contribution in [1.29, 1.82) is 0 Å². The van der Waals surface area contributed by atoms with E-state index >= 15 is 0 Å². The maximum atomic E-state index is 13.1. The quantitative estimate of drug-likeness (QED) is 0.287. The minimum atomic E-state index is -0.531. The Morgan fingerprint density at radius 2 is 1.70 bits per heavy atom. The van der Waals surface area contributed by atoms with Gasteiger partial charge in [-0.25, -0.2) is 0 Å². The van der Waals surface area contributed by atoms with Crippen molar-refractivity contribution in [3.05, 3.63) is 101 Å². The summed E-state index contributed by atoms with van der Waals surface area (Å²) in [5.74, 6) is 0.676. The summed E-state index contributed by atoms with van der Waals surface area (Å²) in [6.07, 6.45) is 1.63. The first-order valence-electron chi connectivity index (χ1n) is 12.7. The minimum absolute atomic E-state index is 0.221. The van der Waals surface area contributed by atoms with E-state index in [0.717, 1.165) is 33.0 Å². The summed E-state index contributed by atoms with van der Waals surface area (Å²) in [5, 5.41) is 4.44. The van der Waals surface area contributed by atoms with E-state index in [0.29, 0.717) is 48.3 Å². The number of nitrogens with one attached hydrogen (secondary N) is 1. The van der Waals surface area contributed by atoms with Crippen LogP contribution in [0.1, 0.15) is 11.1 Å². The fourth-order valence-electron chi connectivity index (χ4n) is 4.55. The number of hydrogen-bond donors (Lipinski definition) is 1. The lowest BCUT2D eigenvalue weighted by molar-refractivity contribution is -0.127. The van der Waals surface area contributed by atoms with Crippen LogP contribution in [0.15, 0.2) is 89.8 Å². The molecule has 9 heteroatoms. The summed E-state index contributed by atoms with van der Waals surface area (Å²) in [6, 6.07) is 26.5. The fraction of sp³-hybridized carbons (Fsp3) is 0.129. The third-order valence-electron chi connectivity index (χ3n) is 6.47. The molecule has 0 spiro atoms. The highest BCUT2D eigenvalue weighted by molar-refractivity contribution is 8.18. The number of amides is 3. The second-order valence-electron chi connectivity index (χ2n) is 9.14. The third kappa shape index (κ3) is 5.37. The lowest BCUT2D eigenvalue weighted by atomic mass is 10.1. The van der Waals surface area contributed by atoms with Crippen LogP contribution in [0.2, 0.25) is 0 Å². The first-order chi connectivity index (χ1) is 19.5. The summed E-state index contributed by atoms with van der Waals surface area (Å²) >= 11 is 0.795. The molecule has 0 radical (unpaired) electrons. The van der Waals surface area contributed by atoms with E-state index in [1.807, 2.05) is 48.5 Å². The number of carbonyl (C=O) groups excluding carboxylic acids is 3. The molecule has 40 heavy (non-hydrogen) atoms. The zero-order chi connectivity index (χ0) is 27.5. The van der Waals surface area contributed by atoms with Gasteiger partial charge < -0.3 is 19.5 Å². The highest BCUT2D eigenvalue weighted by Gasteiger charge is 2.36. The zero-order valence-corrected chi connectivity index (χ0v) is 22.1. The lowest BCUT2D eigenvalue weighted by Gasteiger charge is -2.19. The summed E-state index contributed by atoms with van der Waals surface area (Å²) < 4.78 is 17.2. The largest absolute Gasteiger partial charge is 0.488 e. The number of ether oxygens (including phenoxy) is 3. The van der Waals surface area contributed by atoms with Crippen molar-refractivity contribution in [3.63, 3.8) is 0 Å². The smallest absolute Gasteiger partial charge is 0.294 e. The van der Waals surface area contributed by atoms with Gasteiger partial charge in [-0.1, -0.05) is 60.7 Å². The van der Waals surface area contributed by atoms with Gasteiger partial charge in [0.25, 0.3) is 11.1 Å². The summed E-state index contributed by atoms with van der Waals surface area (Å²) in [7, 11) is 0. The van der Waals surface area contributed by atoms with Gasteiger partial charge >= 0.3 is 0 Å². The highest BCUT2D eigenvalue weighted by Crippen LogP contribution is 2.35. The molecule has 1 N–H and O–H groups in total. The Morgan fingerprint density at radius 3 is 2.60 bits per heavy atom. The van der Waals surface area contributed by atoms with Gasteiger partial charge in [0.05, 0.1) is 4.91 Å². The molecule has 4 aromatic rings. The molecular formula is C31H24N2O6S. The maximum Gasteiger partial charge on any atom is 0.294 e. The van der Waals surface area contributed by atoms with Crippen molar-refractivity contribution in [1.82, 2.24) is 4.90 Å². The van der Waals surface area contributed by atoms with Gasteiger partial charge in [-0.05, 0) is 52.4 Å². The van der Waals surface area contributed by atoms with Gasteiger partial charge in [-0.15, -0.1) is 0 Å². The second kappa shape index (κ2) is 11.2. The molecule has 0 aromatic heterocycles. The van der Waals surface area contributed by atoms with Crippen molar-refractivity contribution < 1.29 is 28.6 Å². The number of carbonyl (C=O) groups is 3. The van der Waals surface area contributed by atoms with Gasteiger partial charge in [0, 0.05) is 17.3 Å². The summed E-state index contributed by atoms with van der Waals surface area (Å²) in [4.78, 5) is 39.6. The van der Waals surface area contributed by atoms with Gasteiger partial charge in [0.15, 0.2) is 11.5 Å². The third-order valence-corrected chi connectivity index (χ3v) is 7.38. The van der Waals surface area contributed by atoms with E-state index in [4.69, 9.17) is 14.2 Å². The predicted octanol–water partition coefficient (Wildman–Crippen LogP) is 5.87. The molecule has 6 rings (SSSR count). The Labute approximate surface area is 234 Å². The molecular weight excluding hydrogens is 528 g/mol. The van der Waals surface area contributed by atoms with Gasteiger partial charge in [0.1, 0.15) is 32.1 Å². The zero-order valence-electron chi connectivity index (χ0n) is 21.3. The van der Waals surface area contributed by atoms with Crippen LogP contribution in [0.4, 0.5) is 10.5 Å². The number of fused-ring (bicyclic) bond motifs is 2. The van der Waals surface area contributed by atoms with Gasteiger partial charge in [-0.3, -0.25) is 19.3 Å². The van der Waals surface area contributed by atoms with E-state index < -0.39 is 23.6 Å². The monoisotopic (exact) mass is 552 g/mol. The lowest BCUT2D eigenvalue weighted by Crippen LogP contribution is -2.36. The number of para-hydroxylation sites is 1. The van der Waals surface area contributed by atoms with Crippen LogP contribution < -0.4 is 19.5 Å². The van der Waals surface area contributed by atoms with E-state index in [1.54, 1.807) is 24.3 Å². The molecule has 0 bridgehead atoms. The first kappa shape index (κ1) is 25.5. The van der Waals surface area contributed by atoms with Crippen LogP contribution in [0.5, 0.6) is 17.2 Å². The predicted molar refractivity (Wildman–Crippen MR) is 153 cm³/mol. The molecule has 1 saturated heterocycles. The maximum absolute atomic E-state index is 13.1. The Bertz CT molecular complexity index is 1660. The molecule has 0 unspecified atom stereocenters. The number of imide groups is 1. The van der Waals surface area contributed by atoms with Crippen LogP contribution in [0, 0.1) is 0 Å². The number of benzene rings is 4. The van der Waals surface area contributed by atoms with Crippen LogP contribution >= 0.6 is 11.8 Å². The standard InChI is InChI=1S/C31H24N2O6S/c34-29(32-23-12-13-26-27(17-23)38-15-14-37-26)18-33-30(35)28(40-31(33)36)16-21-7-2-4-11-25(21)39-19-22-9-5-8-20-6-1-3-10-24(20)22/h1-13,16-17H,14-15,18-19H2,(H,32,34)/b28-16-. The Hall–Kier alpha value is -4.76. The average molecular weight is 553 g/mol. The molecule has 3 amide bonds. The molecule has 2 heterocycles. The number of thioether (sulfide) groups is 1. The van der Waals surface area contributed by atoms with Crippen molar-refractivity contribution in [2.24, 2.45) is 0 Å². The molecule has 0 saturated carbocycles. The van der Waals surface area contributed by atoms with Crippen molar-refractivity contribution in [3.8, 4) is 17.2 Å². The molecule has 2 aliphatic rings. The molecule has 0 atom stereocenters. The Morgan fingerprint density at radius 1 is 0.925 bits per heavy atom. The van der Waals surface area contributed by atoms with Crippen LogP contribution in [-0.4, -0.2) is 41.7 Å². The number of hydrogen-bond acceptors (Lipinski definition) is 7. The minimum Gasteiger partial charge on any atom is -0.488 e. The van der Waals surface area contributed by atoms with E-state index in [-0.39, 0.29) is 4.91 Å². The van der Waals surface area contributed by atoms with Gasteiger partial charge in [0.2, 0.25) is 5.91 Å². The van der Waals surface area contributed by atoms with E-state index in [2.05, 4.69) is 23.5 Å². The van der Waals surface area contributed by atoms with Crippen molar-refractivity contribution in [2.75, 3.05) is 25.1 Å². The fourth-order valence-corrected chi connectivity index (χ4v) is 5.38. The van der Waals surface area contributed by atoms with Crippen molar-refractivity contribution in [2.45, 2.75) is 6.61 Å². The Kier molecular flexibility index (Phi) is 7.11. The SMILES string of the molecule is O=C(CN1C(=O)S/C(=C\c2ccccc2OCc2cccc3ccccc23)C1=O)Nc1ccc2c(c1)OCCO2. The molecule has 200 valence electrons. The van der Waals surface area contributed by atoms with E-state index in [9.17, 15) is 14.4 Å². The molecule has 0 aliphatic carbocycles. The molecule has 1 fully saturated rings. The van der Waals surface area contributed by atoms with E-state index in [1.165, 1.54) is 0 Å². The second-order valence-corrected chi connectivity index (χ2v) is 10.1. The molecule has 2 aliphatic heterocycles. The Balaban J connectivity index is 1.14. The summed E-state index contributed by atoms with van der Waals surface area (Å²) in [6.45, 7) is 0.820. The number of rotatable bonds is 7. The molecule has 8 nitrogen and oxygen atoms in total. The molecule has 4 aromatic carbocycles. The van der Waals surface area contributed by atoms with Crippen LogP contribution in [0.3, 0.4) is 0 Å². The normalized spacial score (nSPS) is 15.5. The number of nitrogens with zero attached hydrogens (tertiary/aromatic N) is 1. The first-order valence-corrected chi connectivity index (χ1v) is 13.5. The topological polar surface area (TPSA) is 94.2 Å². The highest BCUT2D eigenvalue weighted by atomic mass is 32.2. The number of anilines is 1. The van der Waals surface area contributed by atoms with Crippen LogP contribution in [-0.2, 0) is 16.2 Å². The van der Waals surface area contributed by atoms with Crippen LogP contribution in [0.25, 0.3) is 16.8 Å².